The topological polar surface area (TPSA) is 79.4 Å². The average Bonchev–Trinajstić information content (AvgIpc) is 3.27. The van der Waals surface area contributed by atoms with Gasteiger partial charge < -0.3 is 0 Å². The van der Waals surface area contributed by atoms with Crippen LogP contribution in [-0.2, 0) is 15.4 Å². The second-order valence-corrected chi connectivity index (χ2v) is 11.5. The molecule has 0 unspecified atom stereocenters. The lowest BCUT2D eigenvalue weighted by Gasteiger charge is -2.19. The summed E-state index contributed by atoms with van der Waals surface area (Å²) in [5, 5.41) is 5.15. The normalized spacial score (nSPS) is 11.9. The summed E-state index contributed by atoms with van der Waals surface area (Å²) >= 11 is 1.33. The van der Waals surface area contributed by atoms with Crippen molar-refractivity contribution in [2.45, 2.75) is 31.1 Å². The monoisotopic (exact) mass is 495 g/mol. The van der Waals surface area contributed by atoms with Gasteiger partial charge in [0, 0.05) is 29.6 Å². The molecule has 0 fully saturated rings. The second-order valence-electron chi connectivity index (χ2n) is 8.74. The van der Waals surface area contributed by atoms with E-state index in [4.69, 9.17) is 0 Å². The third kappa shape index (κ3) is 5.88. The highest BCUT2D eigenvalue weighted by atomic mass is 32.2. The van der Waals surface area contributed by atoms with Crippen molar-refractivity contribution in [3.8, 4) is 11.3 Å². The van der Waals surface area contributed by atoms with E-state index in [2.05, 4.69) is 56.4 Å². The standard InChI is InChI=1S/C26H29N3O3S2/c1-6-16-29(17-7-2)34(31,32)22-14-10-20(11-15-22)24(30)28-25-27-23(18-33-25)19-8-12-21(13-9-19)26(3,4)5/h6-15,18H,1-2,16-17H2,3-5H3,(H,27,28,30). The SMILES string of the molecule is C=CCN(CC=C)S(=O)(=O)c1ccc(C(=O)Nc2nc(-c3ccc(C(C)(C)C)cc3)cs2)cc1. The lowest BCUT2D eigenvalue weighted by atomic mass is 9.86. The smallest absolute Gasteiger partial charge is 0.257 e. The van der Waals surface area contributed by atoms with E-state index in [0.29, 0.717) is 10.7 Å². The first-order chi connectivity index (χ1) is 16.1. The van der Waals surface area contributed by atoms with Crippen molar-refractivity contribution in [3.05, 3.63) is 90.3 Å². The van der Waals surface area contributed by atoms with Gasteiger partial charge in [-0.25, -0.2) is 13.4 Å². The molecule has 178 valence electrons. The Hall–Kier alpha value is -3.07. The Labute approximate surface area is 205 Å². The molecule has 34 heavy (non-hydrogen) atoms. The number of sulfonamides is 1. The summed E-state index contributed by atoms with van der Waals surface area (Å²) in [6.45, 7) is 14.0. The highest BCUT2D eigenvalue weighted by molar-refractivity contribution is 7.89. The zero-order valence-electron chi connectivity index (χ0n) is 19.6. The molecular weight excluding hydrogens is 466 g/mol. The van der Waals surface area contributed by atoms with Crippen LogP contribution >= 0.6 is 11.3 Å². The molecule has 3 rings (SSSR count). The molecule has 0 saturated carbocycles. The molecule has 0 bridgehead atoms. The third-order valence-corrected chi connectivity index (χ3v) is 7.79. The molecule has 0 aliphatic rings. The Morgan fingerprint density at radius 2 is 1.62 bits per heavy atom. The van der Waals surface area contributed by atoms with Crippen molar-refractivity contribution in [2.75, 3.05) is 18.4 Å². The van der Waals surface area contributed by atoms with Gasteiger partial charge in [0.05, 0.1) is 10.6 Å². The van der Waals surface area contributed by atoms with Crippen molar-refractivity contribution in [3.63, 3.8) is 0 Å². The number of benzene rings is 2. The van der Waals surface area contributed by atoms with Crippen LogP contribution in [0.1, 0.15) is 36.7 Å². The van der Waals surface area contributed by atoms with Gasteiger partial charge in [0.15, 0.2) is 5.13 Å². The minimum absolute atomic E-state index is 0.0736. The molecule has 1 amide bonds. The van der Waals surface area contributed by atoms with E-state index < -0.39 is 10.0 Å². The molecule has 0 atom stereocenters. The molecule has 8 heteroatoms. The summed E-state index contributed by atoms with van der Waals surface area (Å²) in [5.74, 6) is -0.359. The van der Waals surface area contributed by atoms with E-state index in [-0.39, 0.29) is 29.3 Å². The average molecular weight is 496 g/mol. The molecule has 0 aliphatic carbocycles. The summed E-state index contributed by atoms with van der Waals surface area (Å²) in [7, 11) is -3.72. The maximum absolute atomic E-state index is 12.8. The van der Waals surface area contributed by atoms with Gasteiger partial charge in [0.1, 0.15) is 0 Å². The summed E-state index contributed by atoms with van der Waals surface area (Å²) in [5.41, 5.74) is 3.41. The first-order valence-corrected chi connectivity index (χ1v) is 13.1. The highest BCUT2D eigenvalue weighted by Crippen LogP contribution is 2.28. The van der Waals surface area contributed by atoms with Gasteiger partial charge in [0.2, 0.25) is 10.0 Å². The minimum Gasteiger partial charge on any atom is -0.298 e. The van der Waals surface area contributed by atoms with Gasteiger partial charge >= 0.3 is 0 Å². The van der Waals surface area contributed by atoms with Crippen molar-refractivity contribution in [2.24, 2.45) is 0 Å². The van der Waals surface area contributed by atoms with E-state index in [1.807, 2.05) is 17.5 Å². The Morgan fingerprint density at radius 3 is 2.15 bits per heavy atom. The number of carbonyl (C=O) groups excluding carboxylic acids is 1. The van der Waals surface area contributed by atoms with Gasteiger partial charge in [-0.2, -0.15) is 4.31 Å². The Balaban J connectivity index is 1.71. The van der Waals surface area contributed by atoms with Crippen LogP contribution in [0.3, 0.4) is 0 Å². The summed E-state index contributed by atoms with van der Waals surface area (Å²) in [4.78, 5) is 17.3. The summed E-state index contributed by atoms with van der Waals surface area (Å²) in [6, 6.07) is 14.1. The van der Waals surface area contributed by atoms with E-state index >= 15 is 0 Å². The fraction of sp³-hybridized carbons (Fsp3) is 0.231. The predicted molar refractivity (Wildman–Crippen MR) is 140 cm³/mol. The third-order valence-electron chi connectivity index (χ3n) is 5.19. The number of carbonyl (C=O) groups is 1. The minimum atomic E-state index is -3.72. The molecule has 6 nitrogen and oxygen atoms in total. The molecule has 0 radical (unpaired) electrons. The molecule has 2 aromatic carbocycles. The molecule has 0 spiro atoms. The number of hydrogen-bond acceptors (Lipinski definition) is 5. The Kier molecular flexibility index (Phi) is 7.86. The van der Waals surface area contributed by atoms with Gasteiger partial charge in [-0.3, -0.25) is 10.1 Å². The van der Waals surface area contributed by atoms with Crippen LogP contribution in [0, 0.1) is 0 Å². The van der Waals surface area contributed by atoms with Gasteiger partial charge in [-0.05, 0) is 35.2 Å². The number of rotatable bonds is 9. The number of aromatic nitrogens is 1. The summed E-state index contributed by atoms with van der Waals surface area (Å²) in [6.07, 6.45) is 3.04. The quantitative estimate of drug-likeness (QED) is 0.385. The van der Waals surface area contributed by atoms with Crippen LogP contribution in [0.5, 0.6) is 0 Å². The number of nitrogens with one attached hydrogen (secondary N) is 1. The molecule has 1 N–H and O–H groups in total. The van der Waals surface area contributed by atoms with Crippen molar-refractivity contribution >= 4 is 32.4 Å². The lowest BCUT2D eigenvalue weighted by molar-refractivity contribution is 0.102. The Bertz CT molecular complexity index is 1260. The molecule has 0 aliphatic heterocycles. The largest absolute Gasteiger partial charge is 0.298 e. The number of amides is 1. The van der Waals surface area contributed by atoms with Crippen molar-refractivity contribution in [1.82, 2.24) is 9.29 Å². The van der Waals surface area contributed by atoms with Crippen molar-refractivity contribution < 1.29 is 13.2 Å². The van der Waals surface area contributed by atoms with Crippen LogP contribution in [0.15, 0.2) is 84.1 Å². The number of hydrogen-bond donors (Lipinski definition) is 1. The highest BCUT2D eigenvalue weighted by Gasteiger charge is 2.23. The maximum Gasteiger partial charge on any atom is 0.257 e. The zero-order valence-corrected chi connectivity index (χ0v) is 21.2. The van der Waals surface area contributed by atoms with Crippen LogP contribution in [-0.4, -0.2) is 36.7 Å². The van der Waals surface area contributed by atoms with Crippen LogP contribution in [0.4, 0.5) is 5.13 Å². The zero-order chi connectivity index (χ0) is 24.9. The van der Waals surface area contributed by atoms with Gasteiger partial charge in [0.25, 0.3) is 5.91 Å². The van der Waals surface area contributed by atoms with E-state index in [9.17, 15) is 13.2 Å². The lowest BCUT2D eigenvalue weighted by Crippen LogP contribution is -2.31. The van der Waals surface area contributed by atoms with Crippen LogP contribution in [0.2, 0.25) is 0 Å². The second kappa shape index (κ2) is 10.5. The van der Waals surface area contributed by atoms with E-state index in [0.717, 1.165) is 11.3 Å². The number of nitrogens with zero attached hydrogens (tertiary/aromatic N) is 2. The Morgan fingerprint density at radius 1 is 1.03 bits per heavy atom. The van der Waals surface area contributed by atoms with Crippen molar-refractivity contribution in [1.29, 1.82) is 0 Å². The number of anilines is 1. The molecule has 1 heterocycles. The summed E-state index contributed by atoms with van der Waals surface area (Å²) < 4.78 is 26.9. The van der Waals surface area contributed by atoms with Crippen LogP contribution in [0.25, 0.3) is 11.3 Å². The van der Waals surface area contributed by atoms with Crippen LogP contribution < -0.4 is 5.32 Å². The van der Waals surface area contributed by atoms with E-state index in [1.54, 1.807) is 0 Å². The number of thiazole rings is 1. The fourth-order valence-corrected chi connectivity index (χ4v) is 5.36. The van der Waals surface area contributed by atoms with E-state index in [1.165, 1.54) is 57.6 Å². The molecule has 1 aromatic heterocycles. The first kappa shape index (κ1) is 25.6. The maximum atomic E-state index is 12.8. The molecule has 0 saturated heterocycles. The van der Waals surface area contributed by atoms with Gasteiger partial charge in [-0.1, -0.05) is 57.2 Å². The first-order valence-electron chi connectivity index (χ1n) is 10.8. The van der Waals surface area contributed by atoms with Gasteiger partial charge in [-0.15, -0.1) is 24.5 Å². The fourth-order valence-electron chi connectivity index (χ4n) is 3.26. The molecule has 3 aromatic rings. The molecular formula is C26H29N3O3S2. The predicted octanol–water partition coefficient (Wildman–Crippen LogP) is 5.72.